The summed E-state index contributed by atoms with van der Waals surface area (Å²) in [5, 5.41) is 5.72. The van der Waals surface area contributed by atoms with Gasteiger partial charge in [0.05, 0.1) is 11.1 Å². The van der Waals surface area contributed by atoms with E-state index < -0.39 is 23.8 Å². The fourth-order valence-electron chi connectivity index (χ4n) is 5.38. The van der Waals surface area contributed by atoms with Crippen LogP contribution in [0.25, 0.3) is 0 Å². The molecule has 5 rings (SSSR count). The van der Waals surface area contributed by atoms with Crippen LogP contribution < -0.4 is 10.6 Å². The number of amides is 4. The van der Waals surface area contributed by atoms with E-state index in [1.54, 1.807) is 6.07 Å². The molecule has 30 heavy (non-hydrogen) atoms. The molecule has 1 aromatic rings. The van der Waals surface area contributed by atoms with E-state index in [0.29, 0.717) is 17.7 Å². The van der Waals surface area contributed by atoms with Gasteiger partial charge in [0.15, 0.2) is 0 Å². The Labute approximate surface area is 175 Å². The minimum atomic E-state index is -0.927. The summed E-state index contributed by atoms with van der Waals surface area (Å²) in [7, 11) is 0. The van der Waals surface area contributed by atoms with E-state index in [1.807, 2.05) is 12.1 Å². The molecule has 1 atom stereocenters. The van der Waals surface area contributed by atoms with Crippen LogP contribution in [0.5, 0.6) is 0 Å². The second-order valence-corrected chi connectivity index (χ2v) is 8.79. The zero-order valence-corrected chi connectivity index (χ0v) is 16.9. The van der Waals surface area contributed by atoms with Gasteiger partial charge >= 0.3 is 0 Å². The van der Waals surface area contributed by atoms with Crippen LogP contribution in [-0.4, -0.2) is 64.6 Å². The van der Waals surface area contributed by atoms with E-state index in [4.69, 9.17) is 0 Å². The first-order valence-electron chi connectivity index (χ1n) is 10.8. The van der Waals surface area contributed by atoms with Crippen molar-refractivity contribution in [3.8, 4) is 0 Å². The number of nitrogens with one attached hydrogen (secondary N) is 2. The molecular weight excluding hydrogens is 384 g/mol. The smallest absolute Gasteiger partial charge is 0.262 e. The van der Waals surface area contributed by atoms with E-state index in [1.165, 1.54) is 19.3 Å². The van der Waals surface area contributed by atoms with Gasteiger partial charge in [0, 0.05) is 31.6 Å². The van der Waals surface area contributed by atoms with Gasteiger partial charge in [0.25, 0.3) is 11.8 Å². The number of carbonyl (C=O) groups is 4. The highest BCUT2D eigenvalue weighted by molar-refractivity contribution is 6.24. The van der Waals surface area contributed by atoms with Gasteiger partial charge in [-0.2, -0.15) is 0 Å². The predicted octanol–water partition coefficient (Wildman–Crippen LogP) is 0.806. The van der Waals surface area contributed by atoms with Gasteiger partial charge in [-0.25, -0.2) is 0 Å². The molecule has 1 aromatic carbocycles. The third-order valence-electron chi connectivity index (χ3n) is 7.20. The van der Waals surface area contributed by atoms with Crippen LogP contribution in [0, 0.1) is 0 Å². The van der Waals surface area contributed by atoms with Crippen molar-refractivity contribution in [1.29, 1.82) is 0 Å². The number of hydrogen-bond acceptors (Lipinski definition) is 6. The van der Waals surface area contributed by atoms with Crippen LogP contribution >= 0.6 is 0 Å². The molecule has 1 unspecified atom stereocenters. The maximum atomic E-state index is 13.3. The van der Waals surface area contributed by atoms with Crippen molar-refractivity contribution in [2.24, 2.45) is 0 Å². The number of imide groups is 2. The second-order valence-electron chi connectivity index (χ2n) is 8.79. The number of rotatable bonds is 3. The lowest BCUT2D eigenvalue weighted by molar-refractivity contribution is -0.136. The summed E-state index contributed by atoms with van der Waals surface area (Å²) in [6.45, 7) is 3.44. The first-order chi connectivity index (χ1) is 14.5. The molecule has 0 aromatic heterocycles. The monoisotopic (exact) mass is 410 g/mol. The molecule has 0 bridgehead atoms. The van der Waals surface area contributed by atoms with Gasteiger partial charge in [0.1, 0.15) is 6.04 Å². The van der Waals surface area contributed by atoms with Crippen LogP contribution in [0.4, 0.5) is 0 Å². The zero-order chi connectivity index (χ0) is 20.9. The molecule has 1 saturated carbocycles. The number of fused-ring (bicyclic) bond motifs is 1. The van der Waals surface area contributed by atoms with E-state index >= 15 is 0 Å². The molecule has 4 aliphatic rings. The molecule has 3 aliphatic heterocycles. The third-order valence-corrected chi connectivity index (χ3v) is 7.20. The van der Waals surface area contributed by atoms with Crippen LogP contribution in [-0.2, 0) is 16.1 Å². The Morgan fingerprint density at radius 2 is 1.87 bits per heavy atom. The summed E-state index contributed by atoms with van der Waals surface area (Å²) < 4.78 is 0. The predicted molar refractivity (Wildman–Crippen MR) is 108 cm³/mol. The molecule has 1 aliphatic carbocycles. The van der Waals surface area contributed by atoms with E-state index in [2.05, 4.69) is 15.5 Å². The Morgan fingerprint density at radius 3 is 2.60 bits per heavy atom. The van der Waals surface area contributed by atoms with Gasteiger partial charge in [-0.1, -0.05) is 12.1 Å². The Balaban J connectivity index is 1.45. The number of carbonyl (C=O) groups excluding carboxylic acids is 4. The van der Waals surface area contributed by atoms with Gasteiger partial charge in [-0.15, -0.1) is 0 Å². The minimum Gasteiger partial charge on any atom is -0.315 e. The molecule has 2 saturated heterocycles. The molecule has 0 radical (unpaired) electrons. The lowest BCUT2D eigenvalue weighted by Crippen LogP contribution is -2.54. The van der Waals surface area contributed by atoms with Gasteiger partial charge in [0.2, 0.25) is 11.8 Å². The molecule has 3 heterocycles. The molecule has 2 N–H and O–H groups in total. The van der Waals surface area contributed by atoms with Crippen LogP contribution in [0.1, 0.15) is 64.8 Å². The Bertz CT molecular complexity index is 939. The fraction of sp³-hybridized carbons (Fsp3) is 0.545. The zero-order valence-electron chi connectivity index (χ0n) is 16.9. The Kier molecular flexibility index (Phi) is 4.71. The molecule has 8 nitrogen and oxygen atoms in total. The van der Waals surface area contributed by atoms with Crippen molar-refractivity contribution in [2.45, 2.75) is 56.7 Å². The van der Waals surface area contributed by atoms with Gasteiger partial charge in [-0.3, -0.25) is 34.3 Å². The highest BCUT2D eigenvalue weighted by Gasteiger charge is 2.47. The largest absolute Gasteiger partial charge is 0.315 e. The summed E-state index contributed by atoms with van der Waals surface area (Å²) in [6, 6.07) is 4.47. The van der Waals surface area contributed by atoms with Crippen molar-refractivity contribution in [2.75, 3.05) is 19.6 Å². The van der Waals surface area contributed by atoms with Crippen molar-refractivity contribution in [1.82, 2.24) is 20.4 Å². The molecule has 4 amide bonds. The lowest BCUT2D eigenvalue weighted by Gasteiger charge is -2.50. The fourth-order valence-corrected chi connectivity index (χ4v) is 5.38. The maximum absolute atomic E-state index is 13.3. The SMILES string of the molecule is O=C1CCC(N2C(=O)c3cccc(CN4CCNCCC45CCC5)c3C2=O)C(=O)N1. The Hall–Kier alpha value is -2.58. The van der Waals surface area contributed by atoms with Crippen LogP contribution in [0.15, 0.2) is 18.2 Å². The van der Waals surface area contributed by atoms with E-state index in [-0.39, 0.29) is 24.3 Å². The van der Waals surface area contributed by atoms with Crippen molar-refractivity contribution < 1.29 is 19.2 Å². The average molecular weight is 410 g/mol. The highest BCUT2D eigenvalue weighted by Crippen LogP contribution is 2.42. The van der Waals surface area contributed by atoms with Crippen molar-refractivity contribution >= 4 is 23.6 Å². The van der Waals surface area contributed by atoms with Crippen molar-refractivity contribution in [3.05, 3.63) is 34.9 Å². The number of benzene rings is 1. The van der Waals surface area contributed by atoms with Crippen LogP contribution in [0.2, 0.25) is 0 Å². The standard InChI is InChI=1S/C22H26N4O4/c27-17-6-5-16(19(28)24-17)26-20(29)15-4-1-3-14(18(15)21(26)30)13-25-12-11-23-10-9-22(25)7-2-8-22/h1,3-4,16,23H,2,5-13H2,(H,24,27,28). The summed E-state index contributed by atoms with van der Waals surface area (Å²) in [6.07, 6.45) is 4.95. The van der Waals surface area contributed by atoms with E-state index in [0.717, 1.165) is 36.5 Å². The first-order valence-corrected chi connectivity index (χ1v) is 10.8. The highest BCUT2D eigenvalue weighted by atomic mass is 16.2. The van der Waals surface area contributed by atoms with Crippen LogP contribution in [0.3, 0.4) is 0 Å². The quantitative estimate of drug-likeness (QED) is 0.716. The van der Waals surface area contributed by atoms with Crippen molar-refractivity contribution in [3.63, 3.8) is 0 Å². The summed E-state index contributed by atoms with van der Waals surface area (Å²) in [5.41, 5.74) is 1.80. The summed E-state index contributed by atoms with van der Waals surface area (Å²) in [5.74, 6) is -1.80. The second kappa shape index (κ2) is 7.28. The minimum absolute atomic E-state index is 0.125. The number of piperidine rings is 1. The molecule has 3 fully saturated rings. The first kappa shape index (κ1) is 19.4. The summed E-state index contributed by atoms with van der Waals surface area (Å²) in [4.78, 5) is 53.7. The van der Waals surface area contributed by atoms with Gasteiger partial charge < -0.3 is 5.32 Å². The van der Waals surface area contributed by atoms with Gasteiger partial charge in [-0.05, 0) is 50.3 Å². The summed E-state index contributed by atoms with van der Waals surface area (Å²) >= 11 is 0. The average Bonchev–Trinajstić information content (AvgIpc) is 2.83. The normalized spacial score (nSPS) is 26.4. The number of hydrogen-bond donors (Lipinski definition) is 2. The maximum Gasteiger partial charge on any atom is 0.262 e. The Morgan fingerprint density at radius 1 is 1.03 bits per heavy atom. The lowest BCUT2D eigenvalue weighted by atomic mass is 9.73. The molecule has 158 valence electrons. The van der Waals surface area contributed by atoms with E-state index in [9.17, 15) is 19.2 Å². The topological polar surface area (TPSA) is 98.8 Å². The third kappa shape index (κ3) is 2.97. The molecule has 1 spiro atoms. The number of nitrogens with zero attached hydrogens (tertiary/aromatic N) is 2. The molecule has 8 heteroatoms. The molecular formula is C22H26N4O4.